The number of carbonyl (C=O) groups excluding carboxylic acids is 1. The van der Waals surface area contributed by atoms with Gasteiger partial charge < -0.3 is 19.9 Å². The fourth-order valence-electron chi connectivity index (χ4n) is 5.86. The molecular weight excluding hydrogens is 552 g/mol. The average molecular weight is 583 g/mol. The van der Waals surface area contributed by atoms with Crippen molar-refractivity contribution in [1.82, 2.24) is 20.2 Å². The van der Waals surface area contributed by atoms with Gasteiger partial charge in [-0.25, -0.2) is 9.37 Å². The van der Waals surface area contributed by atoms with E-state index in [0.29, 0.717) is 23.4 Å². The lowest BCUT2D eigenvalue weighted by molar-refractivity contribution is -0.137. The molecule has 2 fully saturated rings. The second kappa shape index (κ2) is 11.6. The van der Waals surface area contributed by atoms with E-state index in [1.165, 1.54) is 31.6 Å². The first-order chi connectivity index (χ1) is 20.1. The van der Waals surface area contributed by atoms with Crippen LogP contribution in [0.15, 0.2) is 48.8 Å². The third-order valence-corrected chi connectivity index (χ3v) is 8.18. The minimum Gasteiger partial charge on any atom is -0.481 e. The summed E-state index contributed by atoms with van der Waals surface area (Å²) in [5.74, 6) is -0.667. The molecule has 2 saturated heterocycles. The Kier molecular flexibility index (Phi) is 8.06. The van der Waals surface area contributed by atoms with Crippen molar-refractivity contribution in [2.45, 2.75) is 36.9 Å². The molecule has 1 N–H and O–H groups in total. The van der Waals surface area contributed by atoms with Crippen molar-refractivity contribution in [3.63, 3.8) is 0 Å². The van der Waals surface area contributed by atoms with E-state index < -0.39 is 23.0 Å². The maximum Gasteiger partial charge on any atom is 0.416 e. The zero-order chi connectivity index (χ0) is 30.1. The number of alkyl halides is 3. The molecule has 4 heterocycles. The molecule has 0 aliphatic carbocycles. The van der Waals surface area contributed by atoms with Crippen LogP contribution >= 0.6 is 0 Å². The second-order valence-corrected chi connectivity index (χ2v) is 10.7. The molecule has 8 nitrogen and oxygen atoms in total. The summed E-state index contributed by atoms with van der Waals surface area (Å²) in [4.78, 5) is 26.4. The quantitative estimate of drug-likeness (QED) is 0.427. The van der Waals surface area contributed by atoms with E-state index in [9.17, 15) is 23.2 Å². The van der Waals surface area contributed by atoms with Crippen LogP contribution in [-0.2, 0) is 16.4 Å². The molecule has 0 spiro atoms. The number of carbonyl (C=O) groups is 1. The zero-order valence-corrected chi connectivity index (χ0v) is 23.2. The molecule has 3 aromatic rings. The van der Waals surface area contributed by atoms with Crippen molar-refractivity contribution in [1.29, 1.82) is 5.26 Å². The summed E-state index contributed by atoms with van der Waals surface area (Å²) in [6, 6.07) is 9.50. The summed E-state index contributed by atoms with van der Waals surface area (Å²) in [5.41, 5.74) is -0.958. The van der Waals surface area contributed by atoms with Crippen molar-refractivity contribution in [2.24, 2.45) is 0 Å². The third-order valence-electron chi connectivity index (χ3n) is 8.18. The average Bonchev–Trinajstić information content (AvgIpc) is 3.40. The smallest absolute Gasteiger partial charge is 0.416 e. The van der Waals surface area contributed by atoms with Crippen LogP contribution in [0.1, 0.15) is 36.0 Å². The number of methoxy groups -OCH3 is 1. The molecule has 2 aromatic heterocycles. The molecule has 1 atom stereocenters. The number of amides is 1. The van der Waals surface area contributed by atoms with Gasteiger partial charge in [0.1, 0.15) is 17.6 Å². The Balaban J connectivity index is 1.47. The van der Waals surface area contributed by atoms with Gasteiger partial charge in [-0.2, -0.15) is 18.4 Å². The molecule has 220 valence electrons. The molecule has 0 unspecified atom stereocenters. The molecule has 42 heavy (non-hydrogen) atoms. The van der Waals surface area contributed by atoms with Crippen LogP contribution in [0.5, 0.6) is 5.88 Å². The van der Waals surface area contributed by atoms with Crippen molar-refractivity contribution < 1.29 is 27.1 Å². The van der Waals surface area contributed by atoms with Gasteiger partial charge in [-0.3, -0.25) is 9.78 Å². The lowest BCUT2D eigenvalue weighted by Gasteiger charge is -2.42. The van der Waals surface area contributed by atoms with E-state index in [4.69, 9.17) is 4.74 Å². The highest BCUT2D eigenvalue weighted by atomic mass is 19.4. The fourth-order valence-corrected chi connectivity index (χ4v) is 5.86. The molecule has 1 aromatic carbocycles. The molecule has 0 bridgehead atoms. The van der Waals surface area contributed by atoms with Crippen LogP contribution in [0.3, 0.4) is 0 Å². The number of halogens is 4. The van der Waals surface area contributed by atoms with Gasteiger partial charge in [-0.15, -0.1) is 0 Å². The van der Waals surface area contributed by atoms with Gasteiger partial charge in [0.15, 0.2) is 0 Å². The highest BCUT2D eigenvalue weighted by Gasteiger charge is 2.45. The normalized spacial score (nSPS) is 18.9. The van der Waals surface area contributed by atoms with Crippen LogP contribution in [0, 0.1) is 17.1 Å². The molecule has 1 amide bonds. The van der Waals surface area contributed by atoms with E-state index in [-0.39, 0.29) is 55.0 Å². The van der Waals surface area contributed by atoms with Crippen LogP contribution in [0.4, 0.5) is 23.2 Å². The number of benzene rings is 1. The summed E-state index contributed by atoms with van der Waals surface area (Å²) in [6.45, 7) is 2.06. The minimum absolute atomic E-state index is 0.0394. The highest BCUT2D eigenvalue weighted by Crippen LogP contribution is 2.41. The maximum atomic E-state index is 15.6. The van der Waals surface area contributed by atoms with E-state index in [2.05, 4.69) is 20.2 Å². The van der Waals surface area contributed by atoms with Gasteiger partial charge in [0.05, 0.1) is 34.9 Å². The summed E-state index contributed by atoms with van der Waals surface area (Å²) in [7, 11) is 3.40. The van der Waals surface area contributed by atoms with Gasteiger partial charge in [0, 0.05) is 38.1 Å². The molecular formula is C30H30F4N6O2. The lowest BCUT2D eigenvalue weighted by Crippen LogP contribution is -2.54. The minimum atomic E-state index is -4.57. The summed E-state index contributed by atoms with van der Waals surface area (Å²) >= 11 is 0. The Bertz CT molecular complexity index is 1510. The van der Waals surface area contributed by atoms with Gasteiger partial charge in [-0.05, 0) is 74.8 Å². The number of nitrogens with zero attached hydrogens (tertiary/aromatic N) is 5. The number of likely N-dealkylation sites (tertiary alicyclic amines) is 1. The summed E-state index contributed by atoms with van der Waals surface area (Å²) in [6.07, 6.45) is -0.283. The van der Waals surface area contributed by atoms with Crippen LogP contribution in [0.2, 0.25) is 0 Å². The first-order valence-corrected chi connectivity index (χ1v) is 13.6. The largest absolute Gasteiger partial charge is 0.481 e. The van der Waals surface area contributed by atoms with E-state index in [1.807, 2.05) is 13.1 Å². The first-order valence-electron chi connectivity index (χ1n) is 13.6. The third kappa shape index (κ3) is 5.61. The van der Waals surface area contributed by atoms with Gasteiger partial charge in [-0.1, -0.05) is 0 Å². The number of nitrogens with one attached hydrogen (secondary N) is 1. The molecule has 2 aliphatic rings. The van der Waals surface area contributed by atoms with E-state index >= 15 is 4.39 Å². The second-order valence-electron chi connectivity index (χ2n) is 10.7. The van der Waals surface area contributed by atoms with Gasteiger partial charge >= 0.3 is 6.18 Å². The monoisotopic (exact) mass is 582 g/mol. The van der Waals surface area contributed by atoms with Crippen LogP contribution in [0.25, 0.3) is 11.3 Å². The van der Waals surface area contributed by atoms with Crippen molar-refractivity contribution >= 4 is 11.6 Å². The van der Waals surface area contributed by atoms with Gasteiger partial charge in [0.25, 0.3) is 0 Å². The van der Waals surface area contributed by atoms with E-state index in [1.54, 1.807) is 17.0 Å². The number of piperidine rings is 1. The summed E-state index contributed by atoms with van der Waals surface area (Å²) in [5, 5.41) is 12.7. The number of hydrogen-bond donors (Lipinski definition) is 1. The topological polar surface area (TPSA) is 94.4 Å². The molecule has 12 heteroatoms. The maximum absolute atomic E-state index is 15.6. The lowest BCUT2D eigenvalue weighted by atomic mass is 9.72. The number of nitriles is 1. The number of anilines is 1. The Morgan fingerprint density at radius 1 is 1.17 bits per heavy atom. The van der Waals surface area contributed by atoms with Crippen LogP contribution < -0.4 is 15.0 Å². The zero-order valence-electron chi connectivity index (χ0n) is 23.2. The molecule has 0 radical (unpaired) electrons. The Morgan fingerprint density at radius 3 is 2.55 bits per heavy atom. The first kappa shape index (κ1) is 29.3. The number of hydrogen-bond acceptors (Lipinski definition) is 7. The Morgan fingerprint density at radius 2 is 1.93 bits per heavy atom. The van der Waals surface area contributed by atoms with Crippen molar-refractivity contribution in [3.8, 4) is 23.2 Å². The number of rotatable bonds is 6. The number of pyridine rings is 2. The molecule has 5 rings (SSSR count). The van der Waals surface area contributed by atoms with Crippen molar-refractivity contribution in [3.05, 3.63) is 71.3 Å². The van der Waals surface area contributed by atoms with Crippen LogP contribution in [-0.4, -0.2) is 67.2 Å². The van der Waals surface area contributed by atoms with Gasteiger partial charge in [0.2, 0.25) is 11.8 Å². The SMILES string of the molecule is COc1ncccc1-c1ncc(C2(C(=O)N[C@@H]3CCN(C)C3)CCN(c3ccc(C(F)(F)F)cc3C#N)CC2)cc1F. The molecule has 0 saturated carbocycles. The highest BCUT2D eigenvalue weighted by molar-refractivity contribution is 5.89. The predicted molar refractivity (Wildman–Crippen MR) is 147 cm³/mol. The Hall–Kier alpha value is -4.24. The van der Waals surface area contributed by atoms with Crippen molar-refractivity contribution in [2.75, 3.05) is 45.2 Å². The fraction of sp³-hybridized carbons (Fsp3) is 0.400. The Labute approximate surface area is 240 Å². The number of ether oxygens (including phenoxy) is 1. The standard InChI is InChI=1S/C30H30F4N6O2/c1-39-11-7-22(18-39)38-28(41)29(21-15-24(31)26(37-17-21)23-4-3-10-36-27(23)42-2)8-12-40(13-9-29)25-6-5-20(30(32,33)34)14-19(25)16-35/h3-6,10,14-15,17,22H,7-9,11-13,18H2,1-2H3,(H,38,41)/t22-/m1/s1. The summed E-state index contributed by atoms with van der Waals surface area (Å²) < 4.78 is 60.6. The number of aromatic nitrogens is 2. The number of likely N-dealkylation sites (N-methyl/N-ethyl adjacent to an activating group) is 1. The molecule has 2 aliphatic heterocycles. The van der Waals surface area contributed by atoms with E-state index in [0.717, 1.165) is 25.1 Å². The predicted octanol–water partition coefficient (Wildman–Crippen LogP) is 4.54.